The zero-order chi connectivity index (χ0) is 15.1. The number of anilines is 2. The quantitative estimate of drug-likeness (QED) is 0.689. The molecule has 3 aromatic heterocycles. The predicted octanol–water partition coefficient (Wildman–Crippen LogP) is 2.23. The molecule has 0 radical (unpaired) electrons. The highest BCUT2D eigenvalue weighted by Gasteiger charge is 2.27. The molecule has 1 fully saturated rings. The van der Waals surface area contributed by atoms with Gasteiger partial charge in [-0.25, -0.2) is 9.97 Å². The highest BCUT2D eigenvalue weighted by Crippen LogP contribution is 2.38. The third-order valence-electron chi connectivity index (χ3n) is 4.25. The Morgan fingerprint density at radius 3 is 3.18 bits per heavy atom. The van der Waals surface area contributed by atoms with Crippen LogP contribution in [0.4, 0.5) is 10.8 Å². The van der Waals surface area contributed by atoms with Gasteiger partial charge in [-0.2, -0.15) is 0 Å². The molecule has 0 spiro atoms. The molecule has 0 amide bonds. The maximum absolute atomic E-state index is 9.62. The Balaban J connectivity index is 1.90. The monoisotopic (exact) mass is 315 g/mol. The number of pyridine rings is 1. The van der Waals surface area contributed by atoms with Crippen molar-refractivity contribution >= 4 is 33.2 Å². The minimum absolute atomic E-state index is 0.174. The summed E-state index contributed by atoms with van der Waals surface area (Å²) in [6, 6.07) is 2.19. The van der Waals surface area contributed by atoms with Crippen LogP contribution in [0.25, 0.3) is 22.3 Å². The van der Waals surface area contributed by atoms with Gasteiger partial charge in [-0.15, -0.1) is 11.3 Å². The molecule has 1 atom stereocenters. The zero-order valence-corrected chi connectivity index (χ0v) is 12.8. The van der Waals surface area contributed by atoms with Gasteiger partial charge in [-0.3, -0.25) is 0 Å². The molecule has 1 saturated heterocycles. The van der Waals surface area contributed by atoms with Crippen LogP contribution in [0.2, 0.25) is 0 Å². The molecule has 0 aliphatic carbocycles. The van der Waals surface area contributed by atoms with Crippen molar-refractivity contribution in [2.45, 2.75) is 18.9 Å². The van der Waals surface area contributed by atoms with E-state index >= 15 is 0 Å². The molecule has 1 aliphatic heterocycles. The lowest BCUT2D eigenvalue weighted by atomic mass is 10.1. The number of fused-ring (bicyclic) bond motifs is 1. The van der Waals surface area contributed by atoms with E-state index in [2.05, 4.69) is 19.9 Å². The minimum atomic E-state index is 0.174. The lowest BCUT2D eigenvalue weighted by Crippen LogP contribution is -2.32. The molecule has 0 unspecified atom stereocenters. The van der Waals surface area contributed by atoms with Crippen LogP contribution in [0.3, 0.4) is 0 Å². The second-order valence-electron chi connectivity index (χ2n) is 5.50. The molecule has 4 rings (SSSR count). The van der Waals surface area contributed by atoms with Crippen molar-refractivity contribution in [1.29, 1.82) is 0 Å². The average molecular weight is 315 g/mol. The van der Waals surface area contributed by atoms with Crippen molar-refractivity contribution < 1.29 is 5.11 Å². The van der Waals surface area contributed by atoms with Crippen molar-refractivity contribution in [3.63, 3.8) is 0 Å². The number of nitrogens with zero attached hydrogens (tertiary/aromatic N) is 3. The lowest BCUT2D eigenvalue weighted by molar-refractivity contribution is 0.266. The normalized spacial score (nSPS) is 18.4. The largest absolute Gasteiger partial charge is 0.394 e. The van der Waals surface area contributed by atoms with Crippen LogP contribution in [-0.4, -0.2) is 39.3 Å². The molecule has 114 valence electrons. The first-order valence-electron chi connectivity index (χ1n) is 7.33. The van der Waals surface area contributed by atoms with E-state index in [-0.39, 0.29) is 12.6 Å². The molecule has 4 heterocycles. The number of hydrogen-bond donors (Lipinski definition) is 3. The highest BCUT2D eigenvalue weighted by molar-refractivity contribution is 7.13. The summed E-state index contributed by atoms with van der Waals surface area (Å²) >= 11 is 1.43. The summed E-state index contributed by atoms with van der Waals surface area (Å²) in [5.41, 5.74) is 9.58. The second-order valence-corrected chi connectivity index (χ2v) is 6.39. The minimum Gasteiger partial charge on any atom is -0.394 e. The summed E-state index contributed by atoms with van der Waals surface area (Å²) in [6.07, 6.45) is 5.85. The summed E-state index contributed by atoms with van der Waals surface area (Å²) in [6.45, 7) is 1.13. The van der Waals surface area contributed by atoms with E-state index < -0.39 is 0 Å². The number of aromatic nitrogens is 3. The number of aromatic amines is 1. The van der Waals surface area contributed by atoms with Gasteiger partial charge in [0, 0.05) is 29.9 Å². The molecule has 1 aliphatic rings. The van der Waals surface area contributed by atoms with Crippen LogP contribution < -0.4 is 10.6 Å². The van der Waals surface area contributed by atoms with Crippen LogP contribution >= 0.6 is 11.3 Å². The fraction of sp³-hybridized carbons (Fsp3) is 0.333. The van der Waals surface area contributed by atoms with E-state index in [1.54, 1.807) is 6.20 Å². The van der Waals surface area contributed by atoms with Gasteiger partial charge in [0.15, 0.2) is 5.13 Å². The third kappa shape index (κ3) is 2.05. The van der Waals surface area contributed by atoms with Crippen molar-refractivity contribution in [2.75, 3.05) is 23.8 Å². The fourth-order valence-corrected chi connectivity index (χ4v) is 3.80. The van der Waals surface area contributed by atoms with E-state index in [1.165, 1.54) is 11.3 Å². The Kier molecular flexibility index (Phi) is 3.24. The zero-order valence-electron chi connectivity index (χ0n) is 12.0. The molecule has 3 aromatic rings. The van der Waals surface area contributed by atoms with Crippen molar-refractivity contribution in [3.05, 3.63) is 23.8 Å². The number of aliphatic hydroxyl groups is 1. The number of nitrogens with one attached hydrogen (secondary N) is 1. The molecular formula is C15H17N5OS. The van der Waals surface area contributed by atoms with E-state index in [0.717, 1.165) is 47.4 Å². The molecule has 22 heavy (non-hydrogen) atoms. The summed E-state index contributed by atoms with van der Waals surface area (Å²) in [5, 5.41) is 13.2. The Hall–Kier alpha value is -2.12. The van der Waals surface area contributed by atoms with Crippen LogP contribution in [0, 0.1) is 0 Å². The topological polar surface area (TPSA) is 91.1 Å². The highest BCUT2D eigenvalue weighted by atomic mass is 32.1. The number of thiazole rings is 1. The van der Waals surface area contributed by atoms with Crippen LogP contribution in [0.1, 0.15) is 12.8 Å². The van der Waals surface area contributed by atoms with Gasteiger partial charge in [-0.1, -0.05) is 0 Å². The molecule has 0 bridgehead atoms. The van der Waals surface area contributed by atoms with Gasteiger partial charge < -0.3 is 20.7 Å². The van der Waals surface area contributed by atoms with Gasteiger partial charge >= 0.3 is 0 Å². The molecule has 0 aromatic carbocycles. The summed E-state index contributed by atoms with van der Waals surface area (Å²) in [7, 11) is 0. The molecule has 7 heteroatoms. The first-order chi connectivity index (χ1) is 10.8. The number of rotatable bonds is 3. The van der Waals surface area contributed by atoms with Crippen molar-refractivity contribution in [3.8, 4) is 11.3 Å². The van der Waals surface area contributed by atoms with Gasteiger partial charge in [0.05, 0.1) is 29.4 Å². The second kappa shape index (κ2) is 5.26. The number of H-pyrrole nitrogens is 1. The smallest absolute Gasteiger partial charge is 0.180 e. The van der Waals surface area contributed by atoms with Crippen LogP contribution in [0.5, 0.6) is 0 Å². The Bertz CT molecular complexity index is 811. The summed E-state index contributed by atoms with van der Waals surface area (Å²) in [5.74, 6) is 0. The van der Waals surface area contributed by atoms with E-state index in [0.29, 0.717) is 5.13 Å². The summed E-state index contributed by atoms with van der Waals surface area (Å²) in [4.78, 5) is 14.3. The number of nitrogen functional groups attached to an aromatic ring is 1. The number of hydrogen-bond acceptors (Lipinski definition) is 6. The Morgan fingerprint density at radius 1 is 1.50 bits per heavy atom. The Morgan fingerprint density at radius 2 is 2.41 bits per heavy atom. The van der Waals surface area contributed by atoms with E-state index in [4.69, 9.17) is 5.73 Å². The van der Waals surface area contributed by atoms with Crippen molar-refractivity contribution in [1.82, 2.24) is 15.0 Å². The Labute approximate surface area is 131 Å². The maximum atomic E-state index is 9.62. The average Bonchev–Trinajstić information content (AvgIpc) is 3.24. The molecule has 4 N–H and O–H groups in total. The predicted molar refractivity (Wildman–Crippen MR) is 89.1 cm³/mol. The molecule has 0 saturated carbocycles. The lowest BCUT2D eigenvalue weighted by Gasteiger charge is -2.26. The van der Waals surface area contributed by atoms with Crippen molar-refractivity contribution in [2.24, 2.45) is 0 Å². The first kappa shape index (κ1) is 13.5. The first-order valence-corrected chi connectivity index (χ1v) is 8.21. The molecule has 6 nitrogen and oxygen atoms in total. The van der Waals surface area contributed by atoms with Crippen LogP contribution in [-0.2, 0) is 0 Å². The fourth-order valence-electron chi connectivity index (χ4n) is 3.23. The number of aliphatic hydroxyl groups excluding tert-OH is 1. The third-order valence-corrected chi connectivity index (χ3v) is 4.92. The number of nitrogens with two attached hydrogens (primary N) is 1. The van der Waals surface area contributed by atoms with E-state index in [1.807, 2.05) is 17.6 Å². The van der Waals surface area contributed by atoms with Gasteiger partial charge in [0.2, 0.25) is 0 Å². The van der Waals surface area contributed by atoms with Gasteiger partial charge in [0.1, 0.15) is 5.65 Å². The van der Waals surface area contributed by atoms with Crippen LogP contribution in [0.15, 0.2) is 23.8 Å². The van der Waals surface area contributed by atoms with Gasteiger partial charge in [0.25, 0.3) is 0 Å². The van der Waals surface area contributed by atoms with E-state index in [9.17, 15) is 5.11 Å². The molecular weight excluding hydrogens is 298 g/mol. The standard InChI is InChI=1S/C15H17N5OS/c16-15-19-11(8-22-15)10-6-18-14-13(10)12(3-4-17-14)20-5-1-2-9(20)7-21/h3-4,6,8-9,21H,1-2,5,7H2,(H2,16,19)(H,17,18)/t9-/m0/s1. The maximum Gasteiger partial charge on any atom is 0.180 e. The summed E-state index contributed by atoms with van der Waals surface area (Å²) < 4.78 is 0. The SMILES string of the molecule is Nc1nc(-c2c[nH]c3nccc(N4CCC[C@H]4CO)c23)cs1. The van der Waals surface area contributed by atoms with Gasteiger partial charge in [-0.05, 0) is 18.9 Å².